The first-order valence-electron chi connectivity index (χ1n) is 15.1. The number of nitrogens with one attached hydrogen (secondary N) is 1. The standard InChI is InChI=1S/C21H22ClNO2S2.C14H10ClNO2S2/c22-20-18-13-7-8-14-19(18)26-21(20)23(15-16-9-3-1-4-10-16)27(24,25)17-11-5-2-6-12-17;15-13-11-8-4-5-9-12(11)19-14(13)16-20(17,18)10-6-2-1-3-7-10/h2,5-8,11-14,16H,1,3-4,9-10,15H2;1-9,16H. The lowest BCUT2D eigenvalue weighted by molar-refractivity contribution is 0.366. The van der Waals surface area contributed by atoms with E-state index in [1.54, 1.807) is 58.9 Å². The molecule has 0 atom stereocenters. The number of thiophene rings is 2. The van der Waals surface area contributed by atoms with Gasteiger partial charge >= 0.3 is 0 Å². The molecule has 4 aromatic carbocycles. The van der Waals surface area contributed by atoms with Gasteiger partial charge in [-0.05, 0) is 55.2 Å². The molecule has 0 bridgehead atoms. The number of hydrogen-bond donors (Lipinski definition) is 1. The van der Waals surface area contributed by atoms with E-state index in [0.29, 0.717) is 37.4 Å². The summed E-state index contributed by atoms with van der Waals surface area (Å²) < 4.78 is 57.6. The molecule has 1 aliphatic carbocycles. The largest absolute Gasteiger partial charge is 0.269 e. The molecule has 0 spiro atoms. The monoisotopic (exact) mass is 742 g/mol. The molecule has 0 aliphatic heterocycles. The van der Waals surface area contributed by atoms with Crippen molar-refractivity contribution in [3.63, 3.8) is 0 Å². The van der Waals surface area contributed by atoms with Gasteiger partial charge in [0.25, 0.3) is 20.0 Å². The van der Waals surface area contributed by atoms with Crippen LogP contribution in [0.2, 0.25) is 10.0 Å². The molecule has 244 valence electrons. The van der Waals surface area contributed by atoms with Crippen LogP contribution >= 0.6 is 45.9 Å². The molecule has 47 heavy (non-hydrogen) atoms. The van der Waals surface area contributed by atoms with Crippen LogP contribution in [0.4, 0.5) is 10.0 Å². The van der Waals surface area contributed by atoms with E-state index in [1.807, 2.05) is 54.6 Å². The van der Waals surface area contributed by atoms with Crippen LogP contribution in [0.25, 0.3) is 20.2 Å². The van der Waals surface area contributed by atoms with Crippen LogP contribution in [-0.2, 0) is 20.0 Å². The summed E-state index contributed by atoms with van der Waals surface area (Å²) in [6.07, 6.45) is 5.73. The van der Waals surface area contributed by atoms with Gasteiger partial charge in [0.15, 0.2) is 0 Å². The van der Waals surface area contributed by atoms with E-state index in [2.05, 4.69) is 4.72 Å². The van der Waals surface area contributed by atoms with Gasteiger partial charge in [0.1, 0.15) is 10.0 Å². The summed E-state index contributed by atoms with van der Waals surface area (Å²) in [4.78, 5) is 0.530. The van der Waals surface area contributed by atoms with Gasteiger partial charge in [-0.2, -0.15) is 0 Å². The minimum absolute atomic E-state index is 0.216. The Hall–Kier alpha value is -3.12. The number of fused-ring (bicyclic) bond motifs is 2. The molecule has 6 nitrogen and oxygen atoms in total. The molecule has 0 amide bonds. The molecule has 0 unspecified atom stereocenters. The zero-order valence-corrected chi connectivity index (χ0v) is 30.0. The summed E-state index contributed by atoms with van der Waals surface area (Å²) in [5, 5.41) is 3.81. The van der Waals surface area contributed by atoms with Gasteiger partial charge in [-0.1, -0.05) is 115 Å². The predicted molar refractivity (Wildman–Crippen MR) is 198 cm³/mol. The van der Waals surface area contributed by atoms with Crippen LogP contribution in [0, 0.1) is 5.92 Å². The fourth-order valence-corrected chi connectivity index (χ4v) is 11.8. The second-order valence-corrected chi connectivity index (χ2v) is 17.6. The minimum Gasteiger partial charge on any atom is -0.269 e. The molecule has 12 heteroatoms. The van der Waals surface area contributed by atoms with Crippen molar-refractivity contribution in [2.24, 2.45) is 5.92 Å². The first kappa shape index (κ1) is 33.8. The van der Waals surface area contributed by atoms with Crippen molar-refractivity contribution in [1.82, 2.24) is 0 Å². The molecular formula is C35H32Cl2N2O4S4. The molecule has 1 fully saturated rings. The van der Waals surface area contributed by atoms with Crippen molar-refractivity contribution in [3.05, 3.63) is 119 Å². The summed E-state index contributed by atoms with van der Waals surface area (Å²) in [5.74, 6) is 0.374. The van der Waals surface area contributed by atoms with Gasteiger partial charge in [0, 0.05) is 26.7 Å². The molecule has 1 N–H and O–H groups in total. The Bertz CT molecular complexity index is 2200. The molecule has 0 radical (unpaired) electrons. The van der Waals surface area contributed by atoms with Gasteiger partial charge in [0.05, 0.1) is 19.8 Å². The highest BCUT2D eigenvalue weighted by atomic mass is 35.5. The van der Waals surface area contributed by atoms with Crippen LogP contribution in [0.3, 0.4) is 0 Å². The van der Waals surface area contributed by atoms with Crippen molar-refractivity contribution in [1.29, 1.82) is 0 Å². The first-order chi connectivity index (χ1) is 22.6. The Morgan fingerprint density at radius 3 is 1.72 bits per heavy atom. The second kappa shape index (κ2) is 14.6. The highest BCUT2D eigenvalue weighted by molar-refractivity contribution is 7.93. The van der Waals surface area contributed by atoms with Crippen molar-refractivity contribution in [2.45, 2.75) is 41.9 Å². The lowest BCUT2D eigenvalue weighted by Gasteiger charge is -2.30. The molecule has 1 aliphatic rings. The van der Waals surface area contributed by atoms with Crippen LogP contribution < -0.4 is 9.03 Å². The van der Waals surface area contributed by atoms with Gasteiger partial charge in [-0.25, -0.2) is 16.8 Å². The summed E-state index contributed by atoms with van der Waals surface area (Å²) in [6.45, 7) is 0.490. The van der Waals surface area contributed by atoms with Crippen LogP contribution in [-0.4, -0.2) is 23.4 Å². The lowest BCUT2D eigenvalue weighted by Crippen LogP contribution is -2.35. The smallest absolute Gasteiger partial charge is 0.264 e. The Morgan fingerprint density at radius 2 is 1.15 bits per heavy atom. The van der Waals surface area contributed by atoms with Crippen LogP contribution in [0.15, 0.2) is 119 Å². The Labute approximate surface area is 293 Å². The van der Waals surface area contributed by atoms with Gasteiger partial charge in [0.2, 0.25) is 0 Å². The lowest BCUT2D eigenvalue weighted by atomic mass is 9.89. The van der Waals surface area contributed by atoms with Gasteiger partial charge in [-0.15, -0.1) is 22.7 Å². The number of halogens is 2. The maximum atomic E-state index is 13.5. The zero-order chi connectivity index (χ0) is 33.0. The Kier molecular flexibility index (Phi) is 10.5. The molecule has 2 heterocycles. The number of sulfonamides is 2. The SMILES string of the molecule is O=S(=O)(Nc1sc2ccccc2c1Cl)c1ccccc1.O=S(=O)(c1ccccc1)N(CC1CCCCC1)c1sc2ccccc2c1Cl. The fourth-order valence-electron chi connectivity index (χ4n) is 5.64. The summed E-state index contributed by atoms with van der Waals surface area (Å²) in [5.41, 5.74) is 0. The predicted octanol–water partition coefficient (Wildman–Crippen LogP) is 10.7. The molecule has 2 aromatic heterocycles. The normalized spacial score (nSPS) is 14.1. The van der Waals surface area contributed by atoms with Gasteiger partial charge in [-0.3, -0.25) is 9.03 Å². The Balaban J connectivity index is 0.000000172. The van der Waals surface area contributed by atoms with Crippen molar-refractivity contribution in [3.8, 4) is 0 Å². The average Bonchev–Trinajstić information content (AvgIpc) is 3.60. The third kappa shape index (κ3) is 7.48. The maximum absolute atomic E-state index is 13.5. The quantitative estimate of drug-likeness (QED) is 0.168. The highest BCUT2D eigenvalue weighted by Gasteiger charge is 2.31. The van der Waals surface area contributed by atoms with Crippen LogP contribution in [0.5, 0.6) is 0 Å². The Morgan fingerprint density at radius 1 is 0.638 bits per heavy atom. The van der Waals surface area contributed by atoms with E-state index in [9.17, 15) is 16.8 Å². The molecule has 1 saturated carbocycles. The third-order valence-electron chi connectivity index (χ3n) is 8.04. The van der Waals surface area contributed by atoms with E-state index in [-0.39, 0.29) is 4.90 Å². The summed E-state index contributed by atoms with van der Waals surface area (Å²) in [6, 6.07) is 32.3. The number of benzene rings is 4. The second-order valence-electron chi connectivity index (χ2n) is 11.2. The topological polar surface area (TPSA) is 83.5 Å². The number of rotatable bonds is 8. The van der Waals surface area contributed by atoms with Crippen LogP contribution in [0.1, 0.15) is 32.1 Å². The number of anilines is 2. The molecule has 0 saturated heterocycles. The van der Waals surface area contributed by atoms with E-state index >= 15 is 0 Å². The maximum Gasteiger partial charge on any atom is 0.264 e. The first-order valence-corrected chi connectivity index (χ1v) is 20.5. The van der Waals surface area contributed by atoms with E-state index in [0.717, 1.165) is 33.0 Å². The highest BCUT2D eigenvalue weighted by Crippen LogP contribution is 2.45. The molecule has 7 rings (SSSR count). The van der Waals surface area contributed by atoms with E-state index in [1.165, 1.54) is 41.9 Å². The zero-order valence-electron chi connectivity index (χ0n) is 25.2. The van der Waals surface area contributed by atoms with E-state index in [4.69, 9.17) is 23.2 Å². The average molecular weight is 744 g/mol. The molecule has 6 aromatic rings. The van der Waals surface area contributed by atoms with Crippen molar-refractivity contribution in [2.75, 3.05) is 15.6 Å². The van der Waals surface area contributed by atoms with Gasteiger partial charge < -0.3 is 0 Å². The van der Waals surface area contributed by atoms with Crippen molar-refractivity contribution < 1.29 is 16.8 Å². The minimum atomic E-state index is -3.66. The fraction of sp³-hybridized carbons (Fsp3) is 0.200. The van der Waals surface area contributed by atoms with Crippen molar-refractivity contribution >= 4 is 96.1 Å². The third-order valence-corrected chi connectivity index (χ3v) is 14.7. The number of nitrogens with zero attached hydrogens (tertiary/aromatic N) is 1. The summed E-state index contributed by atoms with van der Waals surface area (Å²) in [7, 11) is -7.27. The summed E-state index contributed by atoms with van der Waals surface area (Å²) >= 11 is 15.7. The van der Waals surface area contributed by atoms with E-state index < -0.39 is 20.0 Å². The molecular weight excluding hydrogens is 712 g/mol. The number of hydrogen-bond acceptors (Lipinski definition) is 6.